The lowest BCUT2D eigenvalue weighted by Gasteiger charge is -2.33. The van der Waals surface area contributed by atoms with Crippen LogP contribution in [0.3, 0.4) is 0 Å². The Bertz CT molecular complexity index is 791. The van der Waals surface area contributed by atoms with Crippen molar-refractivity contribution in [2.75, 3.05) is 26.2 Å². The van der Waals surface area contributed by atoms with E-state index in [1.54, 1.807) is 18.2 Å². The summed E-state index contributed by atoms with van der Waals surface area (Å²) in [6.45, 7) is 4.54. The fourth-order valence-electron chi connectivity index (χ4n) is 4.31. The number of esters is 1. The quantitative estimate of drug-likeness (QED) is 0.277. The standard InChI is InChI=1S/C21H26Cl2N2O4/c1-2-29-21(26)15-7-9-24(10-8-15)13-14-3-5-18(20(11-14)25(27)28)17-6-4-16(22)12-19(17)23/h3-4,6,12,15,18,20H,2,5,7-11,13H2,1H3/t18-,20+/m1/s1. The number of benzene rings is 1. The first-order valence-corrected chi connectivity index (χ1v) is 10.8. The molecule has 1 aromatic carbocycles. The summed E-state index contributed by atoms with van der Waals surface area (Å²) in [6, 6.07) is 4.46. The second-order valence-electron chi connectivity index (χ2n) is 7.73. The molecule has 1 aliphatic carbocycles. The fourth-order valence-corrected chi connectivity index (χ4v) is 4.85. The van der Waals surface area contributed by atoms with Gasteiger partial charge in [0.2, 0.25) is 6.04 Å². The minimum Gasteiger partial charge on any atom is -0.466 e. The Morgan fingerprint density at radius 3 is 2.66 bits per heavy atom. The van der Waals surface area contributed by atoms with Crippen molar-refractivity contribution in [3.05, 3.63) is 55.6 Å². The zero-order chi connectivity index (χ0) is 21.0. The number of carbonyl (C=O) groups is 1. The van der Waals surface area contributed by atoms with Crippen molar-refractivity contribution in [3.63, 3.8) is 0 Å². The average Bonchev–Trinajstić information content (AvgIpc) is 2.69. The minimum atomic E-state index is -0.703. The van der Waals surface area contributed by atoms with Crippen LogP contribution in [0.4, 0.5) is 0 Å². The molecule has 3 rings (SSSR count). The number of ether oxygens (including phenoxy) is 1. The molecule has 1 aromatic rings. The van der Waals surface area contributed by atoms with Gasteiger partial charge < -0.3 is 4.74 Å². The number of rotatable bonds is 6. The van der Waals surface area contributed by atoms with E-state index < -0.39 is 6.04 Å². The van der Waals surface area contributed by atoms with Crippen molar-refractivity contribution in [3.8, 4) is 0 Å². The van der Waals surface area contributed by atoms with E-state index in [2.05, 4.69) is 11.0 Å². The number of hydrogen-bond donors (Lipinski definition) is 0. The van der Waals surface area contributed by atoms with Gasteiger partial charge in [-0.2, -0.15) is 0 Å². The second kappa shape index (κ2) is 9.92. The molecule has 2 aliphatic rings. The Hall–Kier alpha value is -1.63. The first-order chi connectivity index (χ1) is 13.9. The molecule has 29 heavy (non-hydrogen) atoms. The van der Waals surface area contributed by atoms with E-state index in [-0.39, 0.29) is 22.7 Å². The van der Waals surface area contributed by atoms with Crippen LogP contribution >= 0.6 is 23.2 Å². The number of carbonyl (C=O) groups excluding carboxylic acids is 1. The zero-order valence-electron chi connectivity index (χ0n) is 16.5. The lowest BCUT2D eigenvalue weighted by molar-refractivity contribution is -0.527. The first kappa shape index (κ1) is 22.1. The van der Waals surface area contributed by atoms with E-state index in [1.807, 2.05) is 6.92 Å². The Kier molecular flexibility index (Phi) is 7.55. The number of likely N-dealkylation sites (tertiary alicyclic amines) is 1. The topological polar surface area (TPSA) is 72.7 Å². The molecule has 158 valence electrons. The number of hydrogen-bond acceptors (Lipinski definition) is 5. The van der Waals surface area contributed by atoms with Crippen LogP contribution in [0.5, 0.6) is 0 Å². The lowest BCUT2D eigenvalue weighted by atomic mass is 9.80. The van der Waals surface area contributed by atoms with Crippen molar-refractivity contribution >= 4 is 29.2 Å². The average molecular weight is 441 g/mol. The number of allylic oxidation sites excluding steroid dienone is 1. The van der Waals surface area contributed by atoms with Gasteiger partial charge in [0.1, 0.15) is 0 Å². The molecule has 8 heteroatoms. The summed E-state index contributed by atoms with van der Waals surface area (Å²) in [5.74, 6) is -0.400. The Labute approximate surface area is 180 Å². The van der Waals surface area contributed by atoms with Crippen molar-refractivity contribution in [1.82, 2.24) is 4.90 Å². The van der Waals surface area contributed by atoms with E-state index in [4.69, 9.17) is 27.9 Å². The summed E-state index contributed by atoms with van der Waals surface area (Å²) in [4.78, 5) is 25.8. The Morgan fingerprint density at radius 1 is 1.31 bits per heavy atom. The largest absolute Gasteiger partial charge is 0.466 e. The van der Waals surface area contributed by atoms with Crippen LogP contribution in [0.15, 0.2) is 29.8 Å². The molecule has 0 saturated carbocycles. The summed E-state index contributed by atoms with van der Waals surface area (Å²) in [5.41, 5.74) is 1.87. The number of nitrogens with zero attached hydrogens (tertiary/aromatic N) is 2. The highest BCUT2D eigenvalue weighted by Crippen LogP contribution is 2.38. The van der Waals surface area contributed by atoms with Gasteiger partial charge in [-0.3, -0.25) is 19.8 Å². The molecular weight excluding hydrogens is 415 g/mol. The van der Waals surface area contributed by atoms with Gasteiger partial charge in [-0.05, 0) is 57.0 Å². The SMILES string of the molecule is CCOC(=O)C1CCN(CC2=CC[C@H](c3ccc(Cl)cc3Cl)[C@@H]([N+](=O)[O-])C2)CC1. The molecular formula is C21H26Cl2N2O4. The van der Waals surface area contributed by atoms with Crippen LogP contribution in [0.1, 0.15) is 44.1 Å². The van der Waals surface area contributed by atoms with Crippen LogP contribution in [0.25, 0.3) is 0 Å². The third kappa shape index (κ3) is 5.50. The molecule has 0 bridgehead atoms. The fraction of sp³-hybridized carbons (Fsp3) is 0.571. The van der Waals surface area contributed by atoms with Crippen LogP contribution < -0.4 is 0 Å². The second-order valence-corrected chi connectivity index (χ2v) is 8.57. The molecule has 1 saturated heterocycles. The summed E-state index contributed by atoms with van der Waals surface area (Å²) < 4.78 is 5.11. The van der Waals surface area contributed by atoms with Crippen molar-refractivity contribution in [2.24, 2.45) is 5.92 Å². The van der Waals surface area contributed by atoms with Crippen LogP contribution in [-0.4, -0.2) is 48.1 Å². The maximum Gasteiger partial charge on any atom is 0.309 e. The zero-order valence-corrected chi connectivity index (χ0v) is 18.0. The van der Waals surface area contributed by atoms with Gasteiger partial charge >= 0.3 is 5.97 Å². The highest BCUT2D eigenvalue weighted by Gasteiger charge is 2.37. The number of halogens is 2. The van der Waals surface area contributed by atoms with E-state index >= 15 is 0 Å². The lowest BCUT2D eigenvalue weighted by Crippen LogP contribution is -2.39. The van der Waals surface area contributed by atoms with Crippen molar-refractivity contribution < 1.29 is 14.5 Å². The maximum absolute atomic E-state index is 11.9. The molecule has 0 aromatic heterocycles. The molecule has 0 amide bonds. The van der Waals surface area contributed by atoms with E-state index in [9.17, 15) is 14.9 Å². The molecule has 2 atom stereocenters. The number of nitro groups is 1. The molecule has 0 unspecified atom stereocenters. The summed E-state index contributed by atoms with van der Waals surface area (Å²) in [6.07, 6.45) is 4.66. The van der Waals surface area contributed by atoms with Gasteiger partial charge in [0.05, 0.1) is 18.4 Å². The molecule has 0 N–H and O–H groups in total. The van der Waals surface area contributed by atoms with Gasteiger partial charge in [-0.15, -0.1) is 0 Å². The third-order valence-electron chi connectivity index (χ3n) is 5.86. The summed E-state index contributed by atoms with van der Waals surface area (Å²) in [7, 11) is 0. The molecule has 6 nitrogen and oxygen atoms in total. The van der Waals surface area contributed by atoms with E-state index in [0.29, 0.717) is 36.0 Å². The third-order valence-corrected chi connectivity index (χ3v) is 6.43. The van der Waals surface area contributed by atoms with Gasteiger partial charge in [-0.25, -0.2) is 0 Å². The van der Waals surface area contributed by atoms with Crippen molar-refractivity contribution in [2.45, 2.75) is 44.6 Å². The minimum absolute atomic E-state index is 0.0329. The highest BCUT2D eigenvalue weighted by atomic mass is 35.5. The first-order valence-electron chi connectivity index (χ1n) is 10.0. The monoisotopic (exact) mass is 440 g/mol. The van der Waals surface area contributed by atoms with Gasteiger partial charge in [-0.1, -0.05) is 40.9 Å². The summed E-state index contributed by atoms with van der Waals surface area (Å²) >= 11 is 12.3. The van der Waals surface area contributed by atoms with Crippen LogP contribution in [0.2, 0.25) is 10.0 Å². The highest BCUT2D eigenvalue weighted by molar-refractivity contribution is 6.35. The molecule has 0 spiro atoms. The molecule has 1 fully saturated rings. The predicted octanol–water partition coefficient (Wildman–Crippen LogP) is 4.72. The van der Waals surface area contributed by atoms with Gasteiger partial charge in [0, 0.05) is 27.9 Å². The van der Waals surface area contributed by atoms with Crippen molar-refractivity contribution in [1.29, 1.82) is 0 Å². The normalized spacial score (nSPS) is 23.5. The Morgan fingerprint density at radius 2 is 2.03 bits per heavy atom. The predicted molar refractivity (Wildman–Crippen MR) is 113 cm³/mol. The van der Waals surface area contributed by atoms with E-state index in [1.165, 1.54) is 0 Å². The van der Waals surface area contributed by atoms with E-state index in [0.717, 1.165) is 37.1 Å². The van der Waals surface area contributed by atoms with Crippen LogP contribution in [0, 0.1) is 16.0 Å². The molecule has 0 radical (unpaired) electrons. The summed E-state index contributed by atoms with van der Waals surface area (Å²) in [5, 5.41) is 12.8. The maximum atomic E-state index is 11.9. The molecule has 1 heterocycles. The Balaban J connectivity index is 1.63. The molecule has 1 aliphatic heterocycles. The van der Waals surface area contributed by atoms with Gasteiger partial charge in [0.15, 0.2) is 0 Å². The smallest absolute Gasteiger partial charge is 0.309 e. The van der Waals surface area contributed by atoms with Crippen LogP contribution in [-0.2, 0) is 9.53 Å². The number of piperidine rings is 1. The van der Waals surface area contributed by atoms with Gasteiger partial charge in [0.25, 0.3) is 0 Å².